The molecule has 248 valence electrons. The van der Waals surface area contributed by atoms with Gasteiger partial charge in [0.15, 0.2) is 22.6 Å². The first-order chi connectivity index (χ1) is 22.5. The van der Waals surface area contributed by atoms with Crippen LogP contribution in [0.1, 0.15) is 20.8 Å². The highest BCUT2D eigenvalue weighted by molar-refractivity contribution is 5.86. The van der Waals surface area contributed by atoms with E-state index >= 15 is 0 Å². The number of nitrogens with two attached hydrogens (primary N) is 1. The van der Waals surface area contributed by atoms with Gasteiger partial charge in [-0.3, -0.25) is 14.9 Å². The van der Waals surface area contributed by atoms with Gasteiger partial charge in [0, 0.05) is 72.9 Å². The maximum Gasteiger partial charge on any atom is 0.412 e. The third kappa shape index (κ3) is 9.71. The number of nitrogen functional groups attached to an aromatic ring is 1. The average Bonchev–Trinajstić information content (AvgIpc) is 3.04. The number of carbonyl (C=O) groups is 1. The van der Waals surface area contributed by atoms with E-state index in [4.69, 9.17) is 28.8 Å². The Bertz CT molecular complexity index is 1780. The van der Waals surface area contributed by atoms with Crippen molar-refractivity contribution in [3.05, 3.63) is 93.2 Å². The van der Waals surface area contributed by atoms with Crippen LogP contribution in [0.3, 0.4) is 0 Å². The van der Waals surface area contributed by atoms with Gasteiger partial charge in [-0.05, 0) is 45.0 Å². The van der Waals surface area contributed by atoms with Gasteiger partial charge < -0.3 is 38.6 Å². The van der Waals surface area contributed by atoms with Crippen molar-refractivity contribution in [2.45, 2.75) is 26.4 Å². The van der Waals surface area contributed by atoms with Gasteiger partial charge in [-0.1, -0.05) is 24.3 Å². The van der Waals surface area contributed by atoms with E-state index < -0.39 is 11.7 Å². The minimum Gasteiger partial charge on any atom is -0.444 e. The van der Waals surface area contributed by atoms with Crippen molar-refractivity contribution in [2.24, 2.45) is 0 Å². The molecule has 12 heteroatoms. The van der Waals surface area contributed by atoms with Crippen LogP contribution in [0.25, 0.3) is 22.6 Å². The number of nitrogens with one attached hydrogen (secondary N) is 1. The van der Waals surface area contributed by atoms with Gasteiger partial charge in [-0.25, -0.2) is 4.79 Å². The van der Waals surface area contributed by atoms with E-state index in [9.17, 15) is 14.4 Å². The average molecular weight is 645 g/mol. The van der Waals surface area contributed by atoms with Gasteiger partial charge in [-0.15, -0.1) is 0 Å². The van der Waals surface area contributed by atoms with E-state index in [2.05, 4.69) is 5.32 Å². The fourth-order valence-electron chi connectivity index (χ4n) is 4.96. The van der Waals surface area contributed by atoms with Gasteiger partial charge >= 0.3 is 6.09 Å². The first-order valence-electron chi connectivity index (χ1n) is 15.4. The fraction of sp³-hybridized carbons (Fsp3) is 0.343. The second kappa shape index (κ2) is 15.0. The number of ether oxygens (including phenoxy) is 3. The minimum absolute atomic E-state index is 0.0739. The van der Waals surface area contributed by atoms with Crippen LogP contribution >= 0.6 is 0 Å². The summed E-state index contributed by atoms with van der Waals surface area (Å²) in [5.74, 6) is 2.08. The SMILES string of the molecule is CC(C)(C)OC(=O)Nc1cccc(-c2cc(=O)cc(N3CCOCC3)o2)c1.Nc1cccc(-c2cc(=O)cc(N3CCOCC3)o2)c1. The normalized spacial score (nSPS) is 15.0. The Kier molecular flexibility index (Phi) is 10.6. The summed E-state index contributed by atoms with van der Waals surface area (Å²) in [6.07, 6.45) is -0.539. The molecule has 2 aliphatic heterocycles. The summed E-state index contributed by atoms with van der Waals surface area (Å²) in [6, 6.07) is 20.3. The highest BCUT2D eigenvalue weighted by Gasteiger charge is 2.18. The van der Waals surface area contributed by atoms with Crippen LogP contribution in [-0.4, -0.2) is 64.3 Å². The number of amides is 1. The zero-order chi connectivity index (χ0) is 33.4. The summed E-state index contributed by atoms with van der Waals surface area (Å²) in [7, 11) is 0. The second-order valence-electron chi connectivity index (χ2n) is 12.0. The van der Waals surface area contributed by atoms with Crippen LogP contribution < -0.4 is 31.7 Å². The maximum absolute atomic E-state index is 12.1. The van der Waals surface area contributed by atoms with E-state index in [0.717, 1.165) is 18.7 Å². The Morgan fingerprint density at radius 2 is 1.21 bits per heavy atom. The van der Waals surface area contributed by atoms with Crippen molar-refractivity contribution < 1.29 is 27.8 Å². The van der Waals surface area contributed by atoms with Crippen molar-refractivity contribution >= 4 is 29.2 Å². The molecule has 0 unspecified atom stereocenters. The van der Waals surface area contributed by atoms with Crippen molar-refractivity contribution in [3.8, 4) is 22.6 Å². The highest BCUT2D eigenvalue weighted by atomic mass is 16.6. The van der Waals surface area contributed by atoms with Crippen LogP contribution in [0, 0.1) is 0 Å². The number of carbonyl (C=O) groups excluding carboxylic acids is 1. The van der Waals surface area contributed by atoms with E-state index in [0.29, 0.717) is 79.7 Å². The molecular weight excluding hydrogens is 604 g/mol. The topological polar surface area (TPSA) is 150 Å². The van der Waals surface area contributed by atoms with Crippen LogP contribution in [0.15, 0.2) is 91.2 Å². The van der Waals surface area contributed by atoms with E-state index in [-0.39, 0.29) is 10.9 Å². The lowest BCUT2D eigenvalue weighted by Gasteiger charge is -2.27. The molecule has 1 amide bonds. The predicted octanol–water partition coefficient (Wildman–Crippen LogP) is 5.22. The van der Waals surface area contributed by atoms with Crippen molar-refractivity contribution in [3.63, 3.8) is 0 Å². The quantitative estimate of drug-likeness (QED) is 0.276. The lowest BCUT2D eigenvalue weighted by Crippen LogP contribution is -2.36. The fourth-order valence-corrected chi connectivity index (χ4v) is 4.96. The molecular formula is C35H40N4O8. The summed E-state index contributed by atoms with van der Waals surface area (Å²) in [6.45, 7) is 10.7. The molecule has 2 aromatic heterocycles. The Morgan fingerprint density at radius 3 is 1.70 bits per heavy atom. The largest absolute Gasteiger partial charge is 0.444 e. The molecule has 0 aliphatic carbocycles. The van der Waals surface area contributed by atoms with E-state index in [1.54, 1.807) is 51.1 Å². The molecule has 12 nitrogen and oxygen atoms in total. The van der Waals surface area contributed by atoms with Crippen LogP contribution in [0.2, 0.25) is 0 Å². The summed E-state index contributed by atoms with van der Waals surface area (Å²) < 4.78 is 27.7. The third-order valence-corrected chi connectivity index (χ3v) is 7.12. The highest BCUT2D eigenvalue weighted by Crippen LogP contribution is 2.27. The van der Waals surface area contributed by atoms with Gasteiger partial charge in [-0.2, -0.15) is 0 Å². The van der Waals surface area contributed by atoms with Crippen molar-refractivity contribution in [1.82, 2.24) is 0 Å². The third-order valence-electron chi connectivity index (χ3n) is 7.12. The molecule has 2 aromatic carbocycles. The van der Waals surface area contributed by atoms with Crippen molar-refractivity contribution in [1.29, 1.82) is 0 Å². The smallest absolute Gasteiger partial charge is 0.412 e. The van der Waals surface area contributed by atoms with E-state index in [1.165, 1.54) is 24.3 Å². The van der Waals surface area contributed by atoms with Crippen LogP contribution in [-0.2, 0) is 14.2 Å². The molecule has 2 fully saturated rings. The molecule has 2 aliphatic rings. The monoisotopic (exact) mass is 644 g/mol. The molecule has 2 saturated heterocycles. The number of hydrogen-bond donors (Lipinski definition) is 2. The molecule has 3 N–H and O–H groups in total. The Morgan fingerprint density at radius 1 is 0.723 bits per heavy atom. The molecule has 0 atom stereocenters. The zero-order valence-electron chi connectivity index (χ0n) is 26.8. The number of benzene rings is 2. The van der Waals surface area contributed by atoms with Crippen LogP contribution in [0.4, 0.5) is 27.9 Å². The summed E-state index contributed by atoms with van der Waals surface area (Å²) in [5, 5.41) is 2.69. The molecule has 0 bridgehead atoms. The predicted molar refractivity (Wildman–Crippen MR) is 181 cm³/mol. The molecule has 0 spiro atoms. The Hall–Kier alpha value is -5.07. The number of anilines is 4. The summed E-state index contributed by atoms with van der Waals surface area (Å²) >= 11 is 0. The van der Waals surface area contributed by atoms with Crippen LogP contribution in [0.5, 0.6) is 0 Å². The minimum atomic E-state index is -0.582. The zero-order valence-corrected chi connectivity index (χ0v) is 26.8. The molecule has 0 radical (unpaired) electrons. The molecule has 0 saturated carbocycles. The Balaban J connectivity index is 0.000000193. The summed E-state index contributed by atoms with van der Waals surface area (Å²) in [5.41, 5.74) is 7.67. The summed E-state index contributed by atoms with van der Waals surface area (Å²) in [4.78, 5) is 40.0. The maximum atomic E-state index is 12.1. The Labute approximate surface area is 272 Å². The van der Waals surface area contributed by atoms with Gasteiger partial charge in [0.05, 0.1) is 26.4 Å². The molecule has 47 heavy (non-hydrogen) atoms. The van der Waals surface area contributed by atoms with E-state index in [1.807, 2.05) is 28.0 Å². The molecule has 6 rings (SSSR count). The number of rotatable bonds is 5. The first kappa shape index (κ1) is 33.3. The number of nitrogens with zero attached hydrogens (tertiary/aromatic N) is 2. The van der Waals surface area contributed by atoms with Gasteiger partial charge in [0.2, 0.25) is 0 Å². The lowest BCUT2D eigenvalue weighted by molar-refractivity contribution is 0.0636. The van der Waals surface area contributed by atoms with Crippen molar-refractivity contribution in [2.75, 3.05) is 73.5 Å². The first-order valence-corrected chi connectivity index (χ1v) is 15.4. The number of morpholine rings is 2. The second-order valence-corrected chi connectivity index (χ2v) is 12.0. The van der Waals surface area contributed by atoms with Gasteiger partial charge in [0.1, 0.15) is 17.1 Å². The number of hydrogen-bond acceptors (Lipinski definition) is 11. The van der Waals surface area contributed by atoms with Gasteiger partial charge in [0.25, 0.3) is 0 Å². The molecule has 4 aromatic rings. The molecule has 4 heterocycles. The lowest BCUT2D eigenvalue weighted by atomic mass is 10.1. The standard InChI is InChI=1S/C20H24N2O5.C15H16N2O3/c1-20(2,3)27-19(24)21-15-6-4-5-14(11-15)17-12-16(23)13-18(26-17)22-7-9-25-10-8-22;16-12-3-1-2-11(8-12)14-9-13(18)10-15(20-14)17-4-6-19-7-5-17/h4-6,11-13H,7-10H2,1-3H3,(H,21,24);1-3,8-10H,4-7,16H2.